The second-order valence-electron chi connectivity index (χ2n) is 6.91. The van der Waals surface area contributed by atoms with Crippen LogP contribution in [-0.2, 0) is 0 Å². The van der Waals surface area contributed by atoms with Gasteiger partial charge in [0.1, 0.15) is 0 Å². The fourth-order valence-electron chi connectivity index (χ4n) is 3.81. The minimum atomic E-state index is 0.484. The Morgan fingerprint density at radius 2 is 1.54 bits per heavy atom. The highest BCUT2D eigenvalue weighted by Gasteiger charge is 2.13. The Morgan fingerprint density at radius 3 is 2.19 bits per heavy atom. The van der Waals surface area contributed by atoms with E-state index in [2.05, 4.69) is 70.4 Å². The molecule has 0 radical (unpaired) electrons. The quantitative estimate of drug-likeness (QED) is 0.294. The summed E-state index contributed by atoms with van der Waals surface area (Å²) >= 11 is 5.41. The van der Waals surface area contributed by atoms with Crippen LogP contribution in [0.5, 0.6) is 0 Å². The Bertz CT molecular complexity index is 904. The van der Waals surface area contributed by atoms with Crippen LogP contribution in [0.3, 0.4) is 0 Å². The van der Waals surface area contributed by atoms with E-state index in [4.69, 9.17) is 12.2 Å². The van der Waals surface area contributed by atoms with Crippen molar-refractivity contribution in [2.24, 2.45) is 5.10 Å². The average Bonchev–Trinajstić information content (AvgIpc) is 2.68. The van der Waals surface area contributed by atoms with Gasteiger partial charge in [0, 0.05) is 11.6 Å². The highest BCUT2D eigenvalue weighted by molar-refractivity contribution is 7.80. The molecular formula is C22H23N3S. The van der Waals surface area contributed by atoms with Crippen molar-refractivity contribution >= 4 is 45.1 Å². The van der Waals surface area contributed by atoms with Gasteiger partial charge in [-0.2, -0.15) is 5.10 Å². The van der Waals surface area contributed by atoms with Crippen LogP contribution in [0.1, 0.15) is 37.7 Å². The van der Waals surface area contributed by atoms with Crippen LogP contribution in [-0.4, -0.2) is 17.4 Å². The van der Waals surface area contributed by atoms with Gasteiger partial charge in [0.15, 0.2) is 5.11 Å². The van der Waals surface area contributed by atoms with E-state index < -0.39 is 0 Å². The Kier molecular flexibility index (Phi) is 5.12. The zero-order valence-electron chi connectivity index (χ0n) is 14.7. The molecule has 3 aromatic rings. The monoisotopic (exact) mass is 361 g/mol. The molecule has 0 aromatic heterocycles. The van der Waals surface area contributed by atoms with E-state index >= 15 is 0 Å². The molecule has 0 amide bonds. The van der Waals surface area contributed by atoms with Gasteiger partial charge in [0.05, 0.1) is 6.21 Å². The van der Waals surface area contributed by atoms with Crippen LogP contribution in [0, 0.1) is 0 Å². The van der Waals surface area contributed by atoms with Gasteiger partial charge in [0.25, 0.3) is 0 Å². The molecule has 26 heavy (non-hydrogen) atoms. The first kappa shape index (κ1) is 17.0. The Balaban J connectivity index is 1.57. The normalized spacial score (nSPS) is 15.5. The van der Waals surface area contributed by atoms with Crippen molar-refractivity contribution in [2.45, 2.75) is 38.1 Å². The Labute approximate surface area is 159 Å². The molecule has 1 aliphatic carbocycles. The maximum Gasteiger partial charge on any atom is 0.187 e. The van der Waals surface area contributed by atoms with Crippen LogP contribution in [0.25, 0.3) is 21.5 Å². The number of nitrogens with one attached hydrogen (secondary N) is 2. The third-order valence-electron chi connectivity index (χ3n) is 5.11. The fourth-order valence-corrected chi connectivity index (χ4v) is 4.03. The van der Waals surface area contributed by atoms with Crippen molar-refractivity contribution in [2.75, 3.05) is 0 Å². The second kappa shape index (κ2) is 7.83. The van der Waals surface area contributed by atoms with Crippen molar-refractivity contribution in [3.05, 3.63) is 60.2 Å². The maximum atomic E-state index is 5.41. The molecule has 0 aliphatic heterocycles. The van der Waals surface area contributed by atoms with Crippen LogP contribution >= 0.6 is 12.2 Å². The zero-order valence-corrected chi connectivity index (χ0v) is 15.6. The van der Waals surface area contributed by atoms with Gasteiger partial charge in [0.2, 0.25) is 0 Å². The van der Waals surface area contributed by atoms with Gasteiger partial charge in [-0.15, -0.1) is 0 Å². The molecule has 2 N–H and O–H groups in total. The topological polar surface area (TPSA) is 36.4 Å². The van der Waals surface area contributed by atoms with Crippen molar-refractivity contribution in [3.63, 3.8) is 0 Å². The van der Waals surface area contributed by atoms with E-state index in [-0.39, 0.29) is 0 Å². The minimum absolute atomic E-state index is 0.484. The summed E-state index contributed by atoms with van der Waals surface area (Å²) in [5, 5.41) is 13.3. The molecule has 0 saturated heterocycles. The van der Waals surface area contributed by atoms with Crippen LogP contribution in [0.15, 0.2) is 59.7 Å². The number of hydrazone groups is 1. The summed E-state index contributed by atoms with van der Waals surface area (Å²) in [7, 11) is 0. The molecule has 132 valence electrons. The standard InChI is InChI=1S/C22H23N3S/c26-22(24-18-10-2-1-3-11-18)25-23-15-21-19-12-6-4-8-16(19)14-17-9-5-7-13-20(17)21/h4-9,12-15,18H,1-3,10-11H2,(H2,24,25,26). The number of thiocarbonyl (C=S) groups is 1. The van der Waals surface area contributed by atoms with E-state index in [9.17, 15) is 0 Å². The number of hydrogen-bond donors (Lipinski definition) is 2. The molecule has 0 unspecified atom stereocenters. The SMILES string of the molecule is S=C(NN=Cc1c2ccccc2cc2ccccc12)NC1CCCCC1. The van der Waals surface area contributed by atoms with Gasteiger partial charge < -0.3 is 5.32 Å². The lowest BCUT2D eigenvalue weighted by Crippen LogP contribution is -2.40. The Hall–Kier alpha value is -2.46. The molecule has 3 nitrogen and oxygen atoms in total. The van der Waals surface area contributed by atoms with Crippen molar-refractivity contribution in [1.82, 2.24) is 10.7 Å². The molecule has 3 aromatic carbocycles. The highest BCUT2D eigenvalue weighted by atomic mass is 32.1. The summed E-state index contributed by atoms with van der Waals surface area (Å²) < 4.78 is 0. The average molecular weight is 362 g/mol. The third-order valence-corrected chi connectivity index (χ3v) is 5.32. The van der Waals surface area contributed by atoms with Gasteiger partial charge >= 0.3 is 0 Å². The smallest absolute Gasteiger partial charge is 0.187 e. The molecule has 0 heterocycles. The lowest BCUT2D eigenvalue weighted by Gasteiger charge is -2.23. The number of benzene rings is 3. The van der Waals surface area contributed by atoms with Gasteiger partial charge in [-0.3, -0.25) is 5.43 Å². The van der Waals surface area contributed by atoms with Gasteiger partial charge in [-0.05, 0) is 52.7 Å². The molecular weight excluding hydrogens is 338 g/mol. The predicted octanol–water partition coefficient (Wildman–Crippen LogP) is 5.12. The first-order valence-electron chi connectivity index (χ1n) is 9.31. The maximum absolute atomic E-state index is 5.41. The van der Waals surface area contributed by atoms with Gasteiger partial charge in [-0.1, -0.05) is 67.8 Å². The number of fused-ring (bicyclic) bond motifs is 2. The Morgan fingerprint density at radius 1 is 0.923 bits per heavy atom. The largest absolute Gasteiger partial charge is 0.359 e. The fraction of sp³-hybridized carbons (Fsp3) is 0.273. The molecule has 0 atom stereocenters. The van der Waals surface area contributed by atoms with Gasteiger partial charge in [-0.25, -0.2) is 0 Å². The summed E-state index contributed by atoms with van der Waals surface area (Å²) in [6.45, 7) is 0. The first-order valence-corrected chi connectivity index (χ1v) is 9.72. The lowest BCUT2D eigenvalue weighted by atomic mass is 9.96. The second-order valence-corrected chi connectivity index (χ2v) is 7.32. The highest BCUT2D eigenvalue weighted by Crippen LogP contribution is 2.27. The molecule has 0 bridgehead atoms. The summed E-state index contributed by atoms with van der Waals surface area (Å²) in [5.41, 5.74) is 4.11. The molecule has 0 spiro atoms. The predicted molar refractivity (Wildman–Crippen MR) is 115 cm³/mol. The number of nitrogens with zero attached hydrogens (tertiary/aromatic N) is 1. The van der Waals surface area contributed by atoms with E-state index in [0.29, 0.717) is 11.2 Å². The van der Waals surface area contributed by atoms with E-state index in [1.165, 1.54) is 53.6 Å². The van der Waals surface area contributed by atoms with Crippen molar-refractivity contribution < 1.29 is 0 Å². The molecule has 1 saturated carbocycles. The summed E-state index contributed by atoms with van der Waals surface area (Å²) in [6, 6.07) is 19.5. The minimum Gasteiger partial charge on any atom is -0.359 e. The summed E-state index contributed by atoms with van der Waals surface area (Å²) in [5.74, 6) is 0. The summed E-state index contributed by atoms with van der Waals surface area (Å²) in [4.78, 5) is 0. The first-order chi connectivity index (χ1) is 12.8. The third kappa shape index (κ3) is 3.70. The zero-order chi connectivity index (χ0) is 17.8. The van der Waals surface area contributed by atoms with E-state index in [1.807, 2.05) is 6.21 Å². The molecule has 4 rings (SSSR count). The van der Waals surface area contributed by atoms with Crippen LogP contribution in [0.2, 0.25) is 0 Å². The van der Waals surface area contributed by atoms with E-state index in [0.717, 1.165) is 5.56 Å². The molecule has 1 fully saturated rings. The van der Waals surface area contributed by atoms with Crippen molar-refractivity contribution in [1.29, 1.82) is 0 Å². The van der Waals surface area contributed by atoms with Crippen LogP contribution in [0.4, 0.5) is 0 Å². The number of rotatable bonds is 3. The molecule has 4 heteroatoms. The van der Waals surface area contributed by atoms with E-state index in [1.54, 1.807) is 0 Å². The van der Waals surface area contributed by atoms with Crippen molar-refractivity contribution in [3.8, 4) is 0 Å². The van der Waals surface area contributed by atoms with Crippen LogP contribution < -0.4 is 10.7 Å². The summed E-state index contributed by atoms with van der Waals surface area (Å²) in [6.07, 6.45) is 8.18. The lowest BCUT2D eigenvalue weighted by molar-refractivity contribution is 0.412. The number of hydrogen-bond acceptors (Lipinski definition) is 2. The molecule has 1 aliphatic rings.